The quantitative estimate of drug-likeness (QED) is 0.160. The van der Waals surface area contributed by atoms with Crippen molar-refractivity contribution in [3.05, 3.63) is 76.9 Å². The summed E-state index contributed by atoms with van der Waals surface area (Å²) in [7, 11) is 4.09. The monoisotopic (exact) mass is 568 g/mol. The molecule has 1 atom stereocenters. The van der Waals surface area contributed by atoms with E-state index in [4.69, 9.17) is 14.9 Å². The molecule has 0 saturated heterocycles. The Balaban J connectivity index is 0.000000915. The Morgan fingerprint density at radius 1 is 0.878 bits per heavy atom. The molecule has 0 amide bonds. The Bertz CT molecular complexity index is 1110. The lowest BCUT2D eigenvalue weighted by molar-refractivity contribution is -0.134. The maximum absolute atomic E-state index is 10.5. The van der Waals surface area contributed by atoms with Crippen molar-refractivity contribution in [1.82, 2.24) is 10.2 Å². The predicted molar refractivity (Wildman–Crippen MR) is 167 cm³/mol. The Kier molecular flexibility index (Phi) is 14.5. The molecule has 0 aliphatic heterocycles. The van der Waals surface area contributed by atoms with Gasteiger partial charge in [0.1, 0.15) is 18.5 Å². The maximum Gasteiger partial charge on any atom is 0.328 e. The van der Waals surface area contributed by atoms with E-state index in [-0.39, 0.29) is 17.4 Å². The number of nitrogens with one attached hydrogen (secondary N) is 1. The molecule has 8 nitrogen and oxygen atoms in total. The molecule has 0 aliphatic carbocycles. The van der Waals surface area contributed by atoms with Crippen LogP contribution < -0.4 is 10.1 Å². The zero-order valence-corrected chi connectivity index (χ0v) is 25.8. The van der Waals surface area contributed by atoms with Crippen LogP contribution in [0.15, 0.2) is 54.6 Å². The van der Waals surface area contributed by atoms with Crippen LogP contribution in [0.1, 0.15) is 63.8 Å². The summed E-state index contributed by atoms with van der Waals surface area (Å²) >= 11 is 0. The lowest BCUT2D eigenvalue weighted by Crippen LogP contribution is -2.35. The number of carboxylic acids is 2. The minimum absolute atomic E-state index is 0.0964. The second-order valence-corrected chi connectivity index (χ2v) is 12.2. The van der Waals surface area contributed by atoms with Gasteiger partial charge in [0.05, 0.1) is 0 Å². The number of aliphatic hydroxyl groups is 1. The summed E-state index contributed by atoms with van der Waals surface area (Å²) < 4.78 is 6.35. The molecule has 0 radical (unpaired) electrons. The third-order valence-corrected chi connectivity index (χ3v) is 5.90. The molecule has 0 spiro atoms. The van der Waals surface area contributed by atoms with E-state index in [1.807, 2.05) is 20.2 Å². The fourth-order valence-electron chi connectivity index (χ4n) is 3.73. The molecule has 2 aromatic carbocycles. The van der Waals surface area contributed by atoms with E-state index in [2.05, 4.69) is 100 Å². The average molecular weight is 569 g/mol. The summed E-state index contributed by atoms with van der Waals surface area (Å²) in [6.45, 7) is 15.8. The van der Waals surface area contributed by atoms with Crippen LogP contribution in [0.5, 0.6) is 5.75 Å². The lowest BCUT2D eigenvalue weighted by atomic mass is 9.78. The highest BCUT2D eigenvalue weighted by molar-refractivity contribution is 5.89. The van der Waals surface area contributed by atoms with Gasteiger partial charge in [0.25, 0.3) is 0 Å². The number of nitrogens with zero attached hydrogens (tertiary/aromatic N) is 1. The highest BCUT2D eigenvalue weighted by Crippen LogP contribution is 2.41. The smallest absolute Gasteiger partial charge is 0.328 e. The Morgan fingerprint density at radius 3 is 1.80 bits per heavy atom. The van der Waals surface area contributed by atoms with Gasteiger partial charge in [-0.05, 0) is 48.2 Å². The molecule has 0 bridgehead atoms. The number of benzene rings is 2. The standard InChI is InChI=1S/C29H44N2O2.C4H4O4/c1-28(2,3)25-18-23(15-14-22-12-10-9-11-13-22)19-26(29(4,5)6)27(25)33-21-24(32)20-30-16-17-31(7)8;5-3(6)1-2-4(7)8/h9-15,18-19,24,30,32H,16-17,20-21H2,1-8H3;1-2H,(H,5,6)(H,7,8)/b15-14+;2-1-. The van der Waals surface area contributed by atoms with Gasteiger partial charge >= 0.3 is 11.9 Å². The van der Waals surface area contributed by atoms with Crippen molar-refractivity contribution in [3.8, 4) is 5.75 Å². The summed E-state index contributed by atoms with van der Waals surface area (Å²) in [5.41, 5.74) is 4.47. The van der Waals surface area contributed by atoms with E-state index in [9.17, 15) is 14.7 Å². The molecule has 2 rings (SSSR count). The minimum atomic E-state index is -1.26. The van der Waals surface area contributed by atoms with E-state index in [1.54, 1.807) is 0 Å². The Hall–Kier alpha value is -3.46. The van der Waals surface area contributed by atoms with Crippen molar-refractivity contribution in [2.45, 2.75) is 58.5 Å². The van der Waals surface area contributed by atoms with Crippen LogP contribution in [0, 0.1) is 0 Å². The zero-order valence-electron chi connectivity index (χ0n) is 25.8. The maximum atomic E-state index is 10.5. The number of aliphatic hydroxyl groups excluding tert-OH is 1. The predicted octanol–water partition coefficient (Wildman–Crippen LogP) is 5.05. The molecule has 0 saturated carbocycles. The second kappa shape index (κ2) is 16.7. The van der Waals surface area contributed by atoms with Crippen molar-refractivity contribution in [2.24, 2.45) is 0 Å². The first-order valence-corrected chi connectivity index (χ1v) is 13.7. The first-order valence-electron chi connectivity index (χ1n) is 13.7. The van der Waals surface area contributed by atoms with Crippen molar-refractivity contribution >= 4 is 24.1 Å². The SMILES string of the molecule is CN(C)CCNCC(O)COc1c(C(C)(C)C)cc(/C=C/c2ccccc2)cc1C(C)(C)C.O=C(O)/C=C\C(=O)O. The summed E-state index contributed by atoms with van der Waals surface area (Å²) in [5.74, 6) is -1.61. The number of ether oxygens (including phenoxy) is 1. The van der Waals surface area contributed by atoms with Gasteiger partial charge in [-0.15, -0.1) is 0 Å². The second-order valence-electron chi connectivity index (χ2n) is 12.2. The number of carbonyl (C=O) groups is 2. The van der Waals surface area contributed by atoms with Crippen LogP contribution >= 0.6 is 0 Å². The molecule has 0 heterocycles. The molecule has 0 aromatic heterocycles. The minimum Gasteiger partial charge on any atom is -0.490 e. The molecule has 0 fully saturated rings. The lowest BCUT2D eigenvalue weighted by Gasteiger charge is -2.31. The van der Waals surface area contributed by atoms with Crippen LogP contribution in [0.3, 0.4) is 0 Å². The van der Waals surface area contributed by atoms with Crippen LogP contribution in [0.2, 0.25) is 0 Å². The fourth-order valence-corrected chi connectivity index (χ4v) is 3.73. The number of hydrogen-bond acceptors (Lipinski definition) is 6. The van der Waals surface area contributed by atoms with E-state index in [0.29, 0.717) is 18.7 Å². The molecule has 41 heavy (non-hydrogen) atoms. The van der Waals surface area contributed by atoms with Crippen LogP contribution in [0.4, 0.5) is 0 Å². The number of hydrogen-bond donors (Lipinski definition) is 4. The number of likely N-dealkylation sites (N-methyl/N-ethyl adjacent to an activating group) is 1. The third kappa shape index (κ3) is 14.7. The van der Waals surface area contributed by atoms with E-state index < -0.39 is 18.0 Å². The number of carboxylic acid groups (broad SMARTS) is 2. The van der Waals surface area contributed by atoms with Gasteiger partial charge in [-0.1, -0.05) is 84.0 Å². The molecular formula is C33H48N2O6. The highest BCUT2D eigenvalue weighted by Gasteiger charge is 2.28. The topological polar surface area (TPSA) is 119 Å². The van der Waals surface area contributed by atoms with Crippen molar-refractivity contribution in [3.63, 3.8) is 0 Å². The Morgan fingerprint density at radius 2 is 1.37 bits per heavy atom. The highest BCUT2D eigenvalue weighted by atomic mass is 16.5. The third-order valence-electron chi connectivity index (χ3n) is 5.90. The Labute approximate surface area is 245 Å². The van der Waals surface area contributed by atoms with Crippen LogP contribution in [-0.2, 0) is 20.4 Å². The largest absolute Gasteiger partial charge is 0.490 e. The normalized spacial score (nSPS) is 12.8. The van der Waals surface area contributed by atoms with Gasteiger partial charge < -0.3 is 30.3 Å². The van der Waals surface area contributed by atoms with Gasteiger partial charge in [0.2, 0.25) is 0 Å². The van der Waals surface area contributed by atoms with Crippen molar-refractivity contribution < 1.29 is 29.6 Å². The first-order chi connectivity index (χ1) is 19.0. The molecular weight excluding hydrogens is 520 g/mol. The van der Waals surface area contributed by atoms with Gasteiger partial charge in [-0.3, -0.25) is 0 Å². The van der Waals surface area contributed by atoms with Crippen LogP contribution in [-0.4, -0.2) is 78.6 Å². The average Bonchev–Trinajstić information content (AvgIpc) is 2.87. The summed E-state index contributed by atoms with van der Waals surface area (Å²) in [4.78, 5) is 21.2. The molecule has 226 valence electrons. The van der Waals surface area contributed by atoms with E-state index >= 15 is 0 Å². The van der Waals surface area contributed by atoms with E-state index in [1.165, 1.54) is 5.56 Å². The van der Waals surface area contributed by atoms with Crippen molar-refractivity contribution in [2.75, 3.05) is 40.3 Å². The van der Waals surface area contributed by atoms with Gasteiger partial charge in [-0.25, -0.2) is 9.59 Å². The summed E-state index contributed by atoms with van der Waals surface area (Å²) in [6, 6.07) is 14.8. The number of rotatable bonds is 12. The fraction of sp³-hybridized carbons (Fsp3) is 0.455. The van der Waals surface area contributed by atoms with Crippen LogP contribution in [0.25, 0.3) is 12.2 Å². The van der Waals surface area contributed by atoms with Gasteiger partial charge in [0, 0.05) is 42.9 Å². The van der Waals surface area contributed by atoms with Gasteiger partial charge in [0.15, 0.2) is 0 Å². The van der Waals surface area contributed by atoms with Gasteiger partial charge in [-0.2, -0.15) is 0 Å². The molecule has 0 aliphatic rings. The number of aliphatic carboxylic acids is 2. The van der Waals surface area contributed by atoms with Crippen molar-refractivity contribution in [1.29, 1.82) is 0 Å². The summed E-state index contributed by atoms with van der Waals surface area (Å²) in [5, 5.41) is 29.4. The first kappa shape index (κ1) is 35.6. The molecule has 1 unspecified atom stereocenters. The molecule has 4 N–H and O–H groups in total. The zero-order chi connectivity index (χ0) is 31.2. The molecule has 8 heteroatoms. The molecule has 2 aromatic rings. The van der Waals surface area contributed by atoms with E-state index in [0.717, 1.165) is 35.5 Å². The summed E-state index contributed by atoms with van der Waals surface area (Å²) in [6.07, 6.45) is 4.88.